The maximum atomic E-state index is 6.08. The molecule has 4 heteroatoms. The van der Waals surface area contributed by atoms with Gasteiger partial charge in [0.1, 0.15) is 0 Å². The molecule has 0 aliphatic carbocycles. The number of rotatable bonds is 1. The second-order valence-electron chi connectivity index (χ2n) is 2.67. The van der Waals surface area contributed by atoms with Gasteiger partial charge in [0.05, 0.1) is 2.88 Å². The first-order valence-corrected chi connectivity index (χ1v) is 7.03. The Balaban J connectivity index is 2.72. The molecule has 0 unspecified atom stereocenters. The summed E-state index contributed by atoms with van der Waals surface area (Å²) in [6.07, 6.45) is 0. The molecule has 1 aromatic carbocycles. The minimum absolute atomic E-state index is 0.816. The van der Waals surface area contributed by atoms with Crippen LogP contribution in [0.5, 0.6) is 0 Å². The Kier molecular flexibility index (Phi) is 3.18. The summed E-state index contributed by atoms with van der Waals surface area (Å²) in [5.74, 6) is 0. The van der Waals surface area contributed by atoms with E-state index in [1.54, 1.807) is 11.3 Å². The van der Waals surface area contributed by atoms with E-state index in [-0.39, 0.29) is 0 Å². The summed E-state index contributed by atoms with van der Waals surface area (Å²) in [7, 11) is 0. The van der Waals surface area contributed by atoms with Crippen molar-refractivity contribution in [1.29, 1.82) is 0 Å². The summed E-state index contributed by atoms with van der Waals surface area (Å²) < 4.78 is 2.61. The molecule has 0 atom stereocenters. The average Bonchev–Trinajstić information content (AvgIpc) is 2.42. The van der Waals surface area contributed by atoms with Crippen molar-refractivity contribution in [3.8, 4) is 0 Å². The molecular formula is C9H5BrClIS. The zero-order chi connectivity index (χ0) is 9.42. The van der Waals surface area contributed by atoms with Gasteiger partial charge < -0.3 is 0 Å². The third-order valence-corrected chi connectivity index (χ3v) is 4.61. The number of fused-ring (bicyclic) bond motifs is 1. The third-order valence-electron chi connectivity index (χ3n) is 1.80. The van der Waals surface area contributed by atoms with Crippen LogP contribution in [-0.2, 0) is 5.33 Å². The predicted octanol–water partition coefficient (Wildman–Crippen LogP) is 5.05. The van der Waals surface area contributed by atoms with E-state index >= 15 is 0 Å². The van der Waals surface area contributed by atoms with Crippen LogP contribution in [0.1, 0.15) is 5.56 Å². The Morgan fingerprint density at radius 1 is 1.38 bits per heavy atom. The number of hydrogen-bond donors (Lipinski definition) is 0. The first kappa shape index (κ1) is 10.2. The van der Waals surface area contributed by atoms with E-state index < -0.39 is 0 Å². The van der Waals surface area contributed by atoms with E-state index in [1.807, 2.05) is 6.07 Å². The van der Waals surface area contributed by atoms with Crippen LogP contribution in [0.3, 0.4) is 0 Å². The minimum Gasteiger partial charge on any atom is -0.129 e. The van der Waals surface area contributed by atoms with E-state index in [4.69, 9.17) is 11.6 Å². The topological polar surface area (TPSA) is 0 Å². The van der Waals surface area contributed by atoms with Gasteiger partial charge in [-0.05, 0) is 51.7 Å². The van der Waals surface area contributed by atoms with Crippen molar-refractivity contribution < 1.29 is 0 Å². The van der Waals surface area contributed by atoms with Gasteiger partial charge in [-0.25, -0.2) is 0 Å². The first-order valence-electron chi connectivity index (χ1n) is 3.64. The predicted molar refractivity (Wildman–Crippen MR) is 72.2 cm³/mol. The van der Waals surface area contributed by atoms with Crippen molar-refractivity contribution in [1.82, 2.24) is 0 Å². The van der Waals surface area contributed by atoms with Crippen LogP contribution in [0, 0.1) is 2.88 Å². The number of hydrogen-bond acceptors (Lipinski definition) is 1. The molecular weight excluding hydrogens is 382 g/mol. The van der Waals surface area contributed by atoms with Gasteiger partial charge in [-0.2, -0.15) is 0 Å². The standard InChI is InChI=1S/C9H5BrClIS/c10-4-6-2-8-5(1-7(6)11)3-9(12)13-8/h1-3H,4H2. The lowest BCUT2D eigenvalue weighted by Gasteiger charge is -1.98. The zero-order valence-corrected chi connectivity index (χ0v) is 11.8. The molecule has 0 amide bonds. The number of halogens is 3. The molecule has 0 saturated carbocycles. The van der Waals surface area contributed by atoms with Gasteiger partial charge in [-0.3, -0.25) is 0 Å². The molecule has 68 valence electrons. The number of thiophene rings is 1. The fourth-order valence-corrected chi connectivity index (χ4v) is 3.92. The van der Waals surface area contributed by atoms with Crippen LogP contribution >= 0.6 is 61.5 Å². The Bertz CT molecular complexity index is 452. The average molecular weight is 387 g/mol. The molecule has 0 aliphatic heterocycles. The molecule has 0 N–H and O–H groups in total. The van der Waals surface area contributed by atoms with Gasteiger partial charge in [0, 0.05) is 15.1 Å². The molecule has 1 heterocycles. The Morgan fingerprint density at radius 2 is 2.15 bits per heavy atom. The van der Waals surface area contributed by atoms with Crippen molar-refractivity contribution in [3.05, 3.63) is 31.7 Å². The fraction of sp³-hybridized carbons (Fsp3) is 0.111. The van der Waals surface area contributed by atoms with Crippen LogP contribution in [0.4, 0.5) is 0 Å². The normalized spacial score (nSPS) is 11.0. The molecule has 0 saturated heterocycles. The van der Waals surface area contributed by atoms with E-state index in [9.17, 15) is 0 Å². The van der Waals surface area contributed by atoms with Crippen LogP contribution in [0.2, 0.25) is 5.02 Å². The summed E-state index contributed by atoms with van der Waals surface area (Å²) in [5.41, 5.74) is 1.16. The van der Waals surface area contributed by atoms with Gasteiger partial charge in [0.2, 0.25) is 0 Å². The van der Waals surface area contributed by atoms with Gasteiger partial charge >= 0.3 is 0 Å². The lowest BCUT2D eigenvalue weighted by Crippen LogP contribution is -1.77. The summed E-state index contributed by atoms with van der Waals surface area (Å²) in [6, 6.07) is 6.34. The Morgan fingerprint density at radius 3 is 2.85 bits per heavy atom. The molecule has 0 nitrogen and oxygen atoms in total. The van der Waals surface area contributed by atoms with Crippen molar-refractivity contribution in [2.24, 2.45) is 0 Å². The highest BCUT2D eigenvalue weighted by atomic mass is 127. The van der Waals surface area contributed by atoms with Crippen LogP contribution in [0.15, 0.2) is 18.2 Å². The smallest absolute Gasteiger partial charge is 0.0666 e. The molecule has 0 spiro atoms. The quantitative estimate of drug-likeness (QED) is 0.474. The summed E-state index contributed by atoms with van der Waals surface area (Å²) in [5, 5.41) is 2.90. The largest absolute Gasteiger partial charge is 0.129 e. The van der Waals surface area contributed by atoms with Crippen molar-refractivity contribution in [2.75, 3.05) is 0 Å². The highest BCUT2D eigenvalue weighted by molar-refractivity contribution is 14.1. The second-order valence-corrected chi connectivity index (χ2v) is 6.61. The summed E-state index contributed by atoms with van der Waals surface area (Å²) >= 11 is 13.6. The van der Waals surface area contributed by atoms with Crippen LogP contribution in [0.25, 0.3) is 10.1 Å². The van der Waals surface area contributed by atoms with Crippen molar-refractivity contribution in [2.45, 2.75) is 5.33 Å². The van der Waals surface area contributed by atoms with E-state index in [2.05, 4.69) is 50.7 Å². The van der Waals surface area contributed by atoms with E-state index in [0.717, 1.165) is 15.9 Å². The highest BCUT2D eigenvalue weighted by Gasteiger charge is 2.04. The van der Waals surface area contributed by atoms with Gasteiger partial charge in [-0.1, -0.05) is 27.5 Å². The van der Waals surface area contributed by atoms with E-state index in [0.29, 0.717) is 0 Å². The summed E-state index contributed by atoms with van der Waals surface area (Å²) in [6.45, 7) is 0. The maximum absolute atomic E-state index is 6.08. The number of benzene rings is 1. The molecule has 0 bridgehead atoms. The van der Waals surface area contributed by atoms with Gasteiger partial charge in [-0.15, -0.1) is 11.3 Å². The minimum atomic E-state index is 0.816. The highest BCUT2D eigenvalue weighted by Crippen LogP contribution is 2.32. The Labute approximate surface area is 108 Å². The van der Waals surface area contributed by atoms with Crippen molar-refractivity contribution >= 4 is 71.5 Å². The maximum Gasteiger partial charge on any atom is 0.0666 e. The third kappa shape index (κ3) is 2.03. The molecule has 13 heavy (non-hydrogen) atoms. The van der Waals surface area contributed by atoms with Gasteiger partial charge in [0.25, 0.3) is 0 Å². The first-order chi connectivity index (χ1) is 6.20. The molecule has 0 fully saturated rings. The molecule has 1 aromatic heterocycles. The fourth-order valence-electron chi connectivity index (χ4n) is 1.17. The second kappa shape index (κ2) is 4.04. The summed E-state index contributed by atoms with van der Waals surface area (Å²) in [4.78, 5) is 0. The molecule has 0 aliphatic rings. The monoisotopic (exact) mass is 386 g/mol. The SMILES string of the molecule is Clc1cc2cc(I)sc2cc1CBr. The Hall–Kier alpha value is 0.680. The molecule has 2 rings (SSSR count). The van der Waals surface area contributed by atoms with Crippen LogP contribution in [-0.4, -0.2) is 0 Å². The van der Waals surface area contributed by atoms with E-state index in [1.165, 1.54) is 13.0 Å². The molecule has 0 radical (unpaired) electrons. The van der Waals surface area contributed by atoms with Crippen molar-refractivity contribution in [3.63, 3.8) is 0 Å². The number of alkyl halides is 1. The van der Waals surface area contributed by atoms with Gasteiger partial charge in [0.15, 0.2) is 0 Å². The lowest BCUT2D eigenvalue weighted by atomic mass is 10.2. The van der Waals surface area contributed by atoms with Crippen LogP contribution < -0.4 is 0 Å². The zero-order valence-electron chi connectivity index (χ0n) is 6.48. The molecule has 2 aromatic rings. The lowest BCUT2D eigenvalue weighted by molar-refractivity contribution is 1.47.